The highest BCUT2D eigenvalue weighted by molar-refractivity contribution is 5.64. The van der Waals surface area contributed by atoms with Crippen molar-refractivity contribution >= 4 is 6.29 Å². The maximum Gasteiger partial charge on any atom is 0.142 e. The topological polar surface area (TPSA) is 20.3 Å². The molecule has 0 aliphatic carbocycles. The molecule has 1 rings (SSSR count). The van der Waals surface area contributed by atoms with E-state index in [1.165, 1.54) is 90.3 Å². The monoisotopic (exact) mass is 279 g/mol. The lowest BCUT2D eigenvalue weighted by atomic mass is 10.1. The van der Waals surface area contributed by atoms with Gasteiger partial charge < -0.3 is 4.90 Å². The number of rotatable bonds is 11. The van der Waals surface area contributed by atoms with Crippen LogP contribution in [0.2, 0.25) is 0 Å². The summed E-state index contributed by atoms with van der Waals surface area (Å²) in [4.78, 5) is 12.8. The van der Waals surface area contributed by atoms with Crippen LogP contribution in [-0.2, 0) is 4.79 Å². The molecule has 0 radical (unpaired) electrons. The van der Waals surface area contributed by atoms with Gasteiger partial charge in [0, 0.05) is 0 Å². The number of hydrogen-bond acceptors (Lipinski definition) is 2. The van der Waals surface area contributed by atoms with Crippen LogP contribution in [0, 0.1) is 0 Å². The molecule has 0 aromatic carbocycles. The Balaban J connectivity index is 1.80. The summed E-state index contributed by atoms with van der Waals surface area (Å²) in [7, 11) is 0. The number of allylic oxidation sites excluding steroid dienone is 2. The van der Waals surface area contributed by atoms with Crippen LogP contribution in [-0.4, -0.2) is 30.8 Å². The summed E-state index contributed by atoms with van der Waals surface area (Å²) in [6, 6.07) is 0. The largest absolute Gasteiger partial charge is 0.303 e. The van der Waals surface area contributed by atoms with Crippen molar-refractivity contribution in [2.75, 3.05) is 19.6 Å². The van der Waals surface area contributed by atoms with Gasteiger partial charge in [-0.25, -0.2) is 0 Å². The molecule has 0 unspecified atom stereocenters. The third kappa shape index (κ3) is 10.2. The standard InChI is InChI=1S/C18H33NO/c20-18-14-10-6-4-2-1-3-5-7-11-15-19-16-12-8-9-13-17-19/h10,14,18H,1-9,11-13,15-17H2. The summed E-state index contributed by atoms with van der Waals surface area (Å²) in [6.45, 7) is 4.01. The molecule has 0 aromatic rings. The molecule has 20 heavy (non-hydrogen) atoms. The van der Waals surface area contributed by atoms with Gasteiger partial charge in [0.1, 0.15) is 6.29 Å². The third-order valence-electron chi connectivity index (χ3n) is 4.26. The fraction of sp³-hybridized carbons (Fsp3) is 0.833. The molecule has 0 bridgehead atoms. The average Bonchev–Trinajstić information content (AvgIpc) is 2.73. The minimum Gasteiger partial charge on any atom is -0.303 e. The van der Waals surface area contributed by atoms with E-state index in [4.69, 9.17) is 0 Å². The Bertz CT molecular complexity index is 242. The van der Waals surface area contributed by atoms with Crippen LogP contribution >= 0.6 is 0 Å². The molecular weight excluding hydrogens is 246 g/mol. The van der Waals surface area contributed by atoms with Gasteiger partial charge in [-0.3, -0.25) is 4.79 Å². The summed E-state index contributed by atoms with van der Waals surface area (Å²) >= 11 is 0. The third-order valence-corrected chi connectivity index (χ3v) is 4.26. The minimum absolute atomic E-state index is 0.865. The second-order valence-corrected chi connectivity index (χ2v) is 6.08. The Morgan fingerprint density at radius 3 is 2.00 bits per heavy atom. The highest BCUT2D eigenvalue weighted by Crippen LogP contribution is 2.12. The molecule has 0 spiro atoms. The van der Waals surface area contributed by atoms with E-state index in [2.05, 4.69) is 4.90 Å². The molecule has 2 heteroatoms. The van der Waals surface area contributed by atoms with Crippen molar-refractivity contribution in [2.24, 2.45) is 0 Å². The van der Waals surface area contributed by atoms with Gasteiger partial charge in [0.2, 0.25) is 0 Å². The fourth-order valence-corrected chi connectivity index (χ4v) is 2.99. The van der Waals surface area contributed by atoms with E-state index in [1.807, 2.05) is 6.08 Å². The Morgan fingerprint density at radius 1 is 0.750 bits per heavy atom. The lowest BCUT2D eigenvalue weighted by molar-refractivity contribution is -0.104. The van der Waals surface area contributed by atoms with Crippen LogP contribution < -0.4 is 0 Å². The molecule has 1 fully saturated rings. The summed E-state index contributed by atoms with van der Waals surface area (Å²) in [5.41, 5.74) is 0. The number of hydrogen-bond donors (Lipinski definition) is 0. The van der Waals surface area contributed by atoms with Crippen molar-refractivity contribution in [1.82, 2.24) is 4.90 Å². The van der Waals surface area contributed by atoms with Gasteiger partial charge in [-0.2, -0.15) is 0 Å². The smallest absolute Gasteiger partial charge is 0.142 e. The summed E-state index contributed by atoms with van der Waals surface area (Å²) in [5.74, 6) is 0. The molecule has 0 aromatic heterocycles. The fourth-order valence-electron chi connectivity index (χ4n) is 2.99. The lowest BCUT2D eigenvalue weighted by Gasteiger charge is -2.19. The zero-order valence-electron chi connectivity index (χ0n) is 13.2. The number of carbonyl (C=O) groups is 1. The van der Waals surface area contributed by atoms with Crippen LogP contribution in [0.1, 0.15) is 77.0 Å². The van der Waals surface area contributed by atoms with E-state index in [0.717, 1.165) is 12.7 Å². The van der Waals surface area contributed by atoms with Crippen LogP contribution in [0.25, 0.3) is 0 Å². The van der Waals surface area contributed by atoms with Gasteiger partial charge in [0.05, 0.1) is 0 Å². The SMILES string of the molecule is O=CC=CCCCCCCCCCN1CCCCCC1. The first-order chi connectivity index (χ1) is 9.93. The Labute approximate surface area is 125 Å². The molecule has 1 aliphatic heterocycles. The van der Waals surface area contributed by atoms with Crippen LogP contribution in [0.4, 0.5) is 0 Å². The number of unbranched alkanes of at least 4 members (excludes halogenated alkanes) is 7. The minimum atomic E-state index is 0.865. The first-order valence-corrected chi connectivity index (χ1v) is 8.76. The molecule has 0 amide bonds. The van der Waals surface area contributed by atoms with E-state index in [9.17, 15) is 4.79 Å². The molecule has 116 valence electrons. The number of aldehydes is 1. The molecule has 1 saturated heterocycles. The van der Waals surface area contributed by atoms with Gasteiger partial charge in [-0.05, 0) is 57.8 Å². The van der Waals surface area contributed by atoms with Gasteiger partial charge in [0.25, 0.3) is 0 Å². The summed E-state index contributed by atoms with van der Waals surface area (Å²) in [6.07, 6.45) is 20.7. The van der Waals surface area contributed by atoms with Gasteiger partial charge in [0.15, 0.2) is 0 Å². The molecule has 1 heterocycles. The highest BCUT2D eigenvalue weighted by atomic mass is 16.1. The quantitative estimate of drug-likeness (QED) is 0.309. The van der Waals surface area contributed by atoms with Crippen molar-refractivity contribution in [3.05, 3.63) is 12.2 Å². The van der Waals surface area contributed by atoms with Gasteiger partial charge in [-0.1, -0.05) is 51.0 Å². The predicted octanol–water partition coefficient (Wildman–Crippen LogP) is 4.74. The lowest BCUT2D eigenvalue weighted by Crippen LogP contribution is -2.25. The normalized spacial score (nSPS) is 17.4. The van der Waals surface area contributed by atoms with Crippen LogP contribution in [0.5, 0.6) is 0 Å². The van der Waals surface area contributed by atoms with Crippen molar-refractivity contribution in [2.45, 2.75) is 77.0 Å². The molecule has 2 nitrogen and oxygen atoms in total. The van der Waals surface area contributed by atoms with Crippen molar-refractivity contribution < 1.29 is 4.79 Å². The van der Waals surface area contributed by atoms with E-state index < -0.39 is 0 Å². The van der Waals surface area contributed by atoms with E-state index >= 15 is 0 Å². The van der Waals surface area contributed by atoms with Crippen LogP contribution in [0.3, 0.4) is 0 Å². The molecule has 0 saturated carbocycles. The molecule has 0 N–H and O–H groups in total. The van der Waals surface area contributed by atoms with Gasteiger partial charge in [-0.15, -0.1) is 0 Å². The Morgan fingerprint density at radius 2 is 1.35 bits per heavy atom. The number of likely N-dealkylation sites (tertiary alicyclic amines) is 1. The first kappa shape index (κ1) is 17.4. The average molecular weight is 279 g/mol. The Kier molecular flexibility index (Phi) is 11.6. The summed E-state index contributed by atoms with van der Waals surface area (Å²) < 4.78 is 0. The van der Waals surface area contributed by atoms with Crippen molar-refractivity contribution in [1.29, 1.82) is 0 Å². The maximum atomic E-state index is 10.1. The Hall–Kier alpha value is -0.630. The molecule has 0 atom stereocenters. The molecule has 1 aliphatic rings. The molecular formula is C18H33NO. The van der Waals surface area contributed by atoms with Gasteiger partial charge >= 0.3 is 0 Å². The van der Waals surface area contributed by atoms with E-state index in [-0.39, 0.29) is 0 Å². The number of nitrogens with zero attached hydrogens (tertiary/aromatic N) is 1. The van der Waals surface area contributed by atoms with Crippen LogP contribution in [0.15, 0.2) is 12.2 Å². The summed E-state index contributed by atoms with van der Waals surface area (Å²) in [5, 5.41) is 0. The zero-order chi connectivity index (χ0) is 14.3. The zero-order valence-corrected chi connectivity index (χ0v) is 13.2. The van der Waals surface area contributed by atoms with Crippen molar-refractivity contribution in [3.8, 4) is 0 Å². The predicted molar refractivity (Wildman–Crippen MR) is 87.0 cm³/mol. The van der Waals surface area contributed by atoms with Crippen molar-refractivity contribution in [3.63, 3.8) is 0 Å². The highest BCUT2D eigenvalue weighted by Gasteiger charge is 2.07. The van der Waals surface area contributed by atoms with E-state index in [0.29, 0.717) is 0 Å². The van der Waals surface area contributed by atoms with E-state index in [1.54, 1.807) is 6.08 Å². The second-order valence-electron chi connectivity index (χ2n) is 6.08. The number of carbonyl (C=O) groups excluding carboxylic acids is 1. The second kappa shape index (κ2) is 13.4. The maximum absolute atomic E-state index is 10.1. The first-order valence-electron chi connectivity index (χ1n) is 8.76.